The number of carboxylic acid groups (broad SMARTS) is 2. The lowest BCUT2D eigenvalue weighted by Crippen LogP contribution is -2.60. The Morgan fingerprint density at radius 2 is 1.61 bits per heavy atom. The molecule has 3 aliphatic rings. The van der Waals surface area contributed by atoms with Crippen LogP contribution in [-0.2, 0) is 62.2 Å². The zero-order valence-corrected chi connectivity index (χ0v) is 40.7. The number of nitrogens with one attached hydrogen (secondary N) is 1. The zero-order chi connectivity index (χ0) is 52.7. The first-order valence-electron chi connectivity index (χ1n) is 23.3. The Hall–Kier alpha value is -4.94. The number of carboxylic acids is 2. The van der Waals surface area contributed by atoms with Crippen molar-refractivity contribution in [1.29, 1.82) is 0 Å². The van der Waals surface area contributed by atoms with Crippen LogP contribution < -0.4 is 17.0 Å². The van der Waals surface area contributed by atoms with Gasteiger partial charge >= 0.3 is 40.0 Å². The number of aromatic nitrogens is 2. The molecule has 4 heterocycles. The van der Waals surface area contributed by atoms with E-state index in [-0.39, 0.29) is 19.3 Å². The largest absolute Gasteiger partial charge is 0.481 e. The number of nitrogens with zero attached hydrogens (tertiary/aromatic N) is 3. The Kier molecular flexibility index (Phi) is 22.5. The Balaban J connectivity index is 1.64. The van der Waals surface area contributed by atoms with Crippen molar-refractivity contribution in [2.75, 3.05) is 27.2 Å². The van der Waals surface area contributed by atoms with E-state index in [1.807, 2.05) is 17.1 Å². The van der Waals surface area contributed by atoms with E-state index in [2.05, 4.69) is 23.3 Å². The van der Waals surface area contributed by atoms with E-state index in [0.717, 1.165) is 49.9 Å². The van der Waals surface area contributed by atoms with Crippen molar-refractivity contribution in [3.63, 3.8) is 0 Å². The number of hydrogen-bond donors (Lipinski definition) is 8. The smallest absolute Gasteiger partial charge is 0.397 e. The normalized spacial score (nSPS) is 28.8. The van der Waals surface area contributed by atoms with Crippen LogP contribution in [0.4, 0.5) is 0 Å². The molecule has 1 aromatic heterocycles. The Labute approximate surface area is 409 Å². The molecular weight excluding hydrogens is 967 g/mol. The maximum absolute atomic E-state index is 14.7. The first-order valence-corrected chi connectivity index (χ1v) is 24.6. The number of carbonyl (C=O) groups is 5. The number of unbranched alkanes of at least 4 members (excludes halogenated alkanes) is 4. The number of rotatable bonds is 27. The van der Waals surface area contributed by atoms with Crippen molar-refractivity contribution in [2.45, 2.75) is 164 Å². The molecule has 0 aliphatic carbocycles. The molecule has 0 aromatic carbocycles. The van der Waals surface area contributed by atoms with E-state index < -0.39 is 156 Å². The number of aliphatic carboxylic acids is 2. The lowest BCUT2D eigenvalue weighted by atomic mass is 9.97. The molecule has 4 rings (SSSR count). The van der Waals surface area contributed by atoms with Crippen LogP contribution in [0.15, 0.2) is 46.2 Å². The number of aromatic amines is 1. The fourth-order valence-corrected chi connectivity index (χ4v) is 9.09. The summed E-state index contributed by atoms with van der Waals surface area (Å²) in [5.74, 6) is -6.35. The number of ether oxygens (including phenoxy) is 5. The first-order chi connectivity index (χ1) is 33.5. The Morgan fingerprint density at radius 1 is 0.930 bits per heavy atom. The highest BCUT2D eigenvalue weighted by molar-refractivity contribution is 7.80. The predicted octanol–water partition coefficient (Wildman–Crippen LogP) is -1.03. The summed E-state index contributed by atoms with van der Waals surface area (Å²) in [6.45, 7) is 2.56. The molecule has 3 fully saturated rings. The summed E-state index contributed by atoms with van der Waals surface area (Å²) in [6.07, 6.45) is -6.31. The number of aliphatic hydroxyl groups is 3. The van der Waals surface area contributed by atoms with Gasteiger partial charge in [-0.1, -0.05) is 51.0 Å². The molecule has 27 heteroatoms. The number of nitrogens with two attached hydrogens (primary N) is 1. The maximum atomic E-state index is 14.7. The monoisotopic (exact) mass is 1030 g/mol. The maximum Gasteiger partial charge on any atom is 0.397 e. The van der Waals surface area contributed by atoms with Gasteiger partial charge in [-0.2, -0.15) is 8.42 Å². The average Bonchev–Trinajstić information content (AvgIpc) is 3.69. The van der Waals surface area contributed by atoms with Crippen LogP contribution in [0.5, 0.6) is 0 Å². The molecular formula is C44H67N5O21S. The predicted molar refractivity (Wildman–Crippen MR) is 244 cm³/mol. The number of carbonyl (C=O) groups excluding carboxylic acids is 3. The number of hydrogen-bond acceptors (Lipinski definition) is 20. The van der Waals surface area contributed by atoms with Crippen molar-refractivity contribution in [3.8, 4) is 0 Å². The topological polar surface area (TPSA) is 384 Å². The van der Waals surface area contributed by atoms with Gasteiger partial charge in [0.1, 0.15) is 54.9 Å². The summed E-state index contributed by atoms with van der Waals surface area (Å²) in [7, 11) is -3.08. The van der Waals surface area contributed by atoms with Crippen molar-refractivity contribution in [3.05, 3.63) is 57.4 Å². The SMILES string of the molecule is CCCC/C=C/C/C=C/CCCC[C@H](CC(=O)O[C@H]1CN(C)[C@H]([C@H](O[C@@H]2O[C@@H](CN)[C@@H](O)[C@H]2OS(=O)(=O)O)[C@H]2O[C@H](n3ccc(=O)[nH]c3=O)[C@H](O)[C@H]2O)C(=O)N(C)[C@H]1C(=O)O)OC(=O)C[C@@H](C)CC(=O)O. The van der Waals surface area contributed by atoms with Crippen LogP contribution in [0.1, 0.15) is 90.7 Å². The molecule has 26 nitrogen and oxygen atoms in total. The third kappa shape index (κ3) is 16.8. The van der Waals surface area contributed by atoms with Gasteiger partial charge in [-0.05, 0) is 51.5 Å². The van der Waals surface area contributed by atoms with E-state index >= 15 is 0 Å². The highest BCUT2D eigenvalue weighted by atomic mass is 32.3. The Morgan fingerprint density at radius 3 is 2.21 bits per heavy atom. The number of amides is 1. The molecule has 3 aliphatic heterocycles. The van der Waals surface area contributed by atoms with E-state index in [4.69, 9.17) is 29.4 Å². The molecule has 0 spiro atoms. The summed E-state index contributed by atoms with van der Waals surface area (Å²) >= 11 is 0. The van der Waals surface area contributed by atoms with Gasteiger partial charge in [0.15, 0.2) is 24.7 Å². The third-order valence-electron chi connectivity index (χ3n) is 12.1. The van der Waals surface area contributed by atoms with Crippen LogP contribution in [0.3, 0.4) is 0 Å². The fourth-order valence-electron chi connectivity index (χ4n) is 8.61. The van der Waals surface area contributed by atoms with Crippen LogP contribution in [0.2, 0.25) is 0 Å². The molecule has 1 amide bonds. The minimum Gasteiger partial charge on any atom is -0.481 e. The molecule has 14 atom stereocenters. The highest BCUT2D eigenvalue weighted by Crippen LogP contribution is 2.37. The number of esters is 2. The van der Waals surface area contributed by atoms with Gasteiger partial charge in [0.2, 0.25) is 5.91 Å². The second-order valence-electron chi connectivity index (χ2n) is 17.8. The van der Waals surface area contributed by atoms with E-state index in [0.29, 0.717) is 28.7 Å². The highest BCUT2D eigenvalue weighted by Gasteiger charge is 2.58. The number of allylic oxidation sites excluding steroid dienone is 4. The van der Waals surface area contributed by atoms with Gasteiger partial charge < -0.3 is 59.9 Å². The van der Waals surface area contributed by atoms with Gasteiger partial charge in [-0.25, -0.2) is 13.8 Å². The molecule has 71 heavy (non-hydrogen) atoms. The molecule has 0 unspecified atom stereocenters. The molecule has 0 radical (unpaired) electrons. The summed E-state index contributed by atoms with van der Waals surface area (Å²) in [5, 5.41) is 53.4. The molecule has 400 valence electrons. The zero-order valence-electron chi connectivity index (χ0n) is 39.9. The number of aliphatic hydroxyl groups excluding tert-OH is 3. The van der Waals surface area contributed by atoms with Gasteiger partial charge in [-0.3, -0.25) is 43.0 Å². The summed E-state index contributed by atoms with van der Waals surface area (Å²) < 4.78 is 68.0. The summed E-state index contributed by atoms with van der Waals surface area (Å²) in [6, 6.07) is -2.90. The average molecular weight is 1030 g/mol. The van der Waals surface area contributed by atoms with Crippen LogP contribution >= 0.6 is 0 Å². The fraction of sp³-hybridized carbons (Fsp3) is 0.705. The molecule has 9 N–H and O–H groups in total. The van der Waals surface area contributed by atoms with Gasteiger partial charge in [0.25, 0.3) is 5.56 Å². The minimum atomic E-state index is -5.37. The number of H-pyrrole nitrogens is 1. The molecule has 0 bridgehead atoms. The quantitative estimate of drug-likeness (QED) is 0.0226. The van der Waals surface area contributed by atoms with Gasteiger partial charge in [0.05, 0.1) is 6.42 Å². The standard InChI is InChI=1S/C44H67N5O21S/c1-5-6-7-8-9-10-11-12-13-14-15-16-25(65-30(53)20-24(2)19-29(51)52)21-31(54)66-27-23-47(3)33(40(58)48(4)32(27)42(59)60)37(69-43-39(70-71(62,63)64)34(55)26(22-45)67-43)38-35(56)36(57)41(68-38)49-18-17-28(50)46-44(49)61/h8-9,11-12,17-18,24-27,32-39,41,43,55-57H,5-7,10,13-16,19-23,45H2,1-4H3,(H,51,52)(H,59,60)(H,46,50,61)(H,62,63,64)/b9-8+,12-11+/t24-,25+,26-,27-,32+,33+,34+,35+,36+,37-,38-,39+,41-,43-/m0/s1. The van der Waals surface area contributed by atoms with Crippen molar-refractivity contribution < 1.29 is 90.3 Å². The van der Waals surface area contributed by atoms with Crippen LogP contribution in [0, 0.1) is 5.92 Å². The van der Waals surface area contributed by atoms with Gasteiger partial charge in [-0.15, -0.1) is 0 Å². The van der Waals surface area contributed by atoms with Crippen molar-refractivity contribution in [1.82, 2.24) is 19.4 Å². The van der Waals surface area contributed by atoms with Crippen LogP contribution in [-0.4, -0.2) is 188 Å². The summed E-state index contributed by atoms with van der Waals surface area (Å²) in [5.41, 5.74) is 3.78. The van der Waals surface area contributed by atoms with E-state index in [1.165, 1.54) is 7.05 Å². The Bertz CT molecular complexity index is 2260. The number of likely N-dealkylation sites (N-methyl/N-ethyl adjacent to an activating group) is 2. The van der Waals surface area contributed by atoms with Crippen molar-refractivity contribution >= 4 is 40.2 Å². The van der Waals surface area contributed by atoms with Crippen molar-refractivity contribution in [2.24, 2.45) is 11.7 Å². The van der Waals surface area contributed by atoms with E-state index in [1.54, 1.807) is 6.92 Å². The van der Waals surface area contributed by atoms with Crippen LogP contribution in [0.25, 0.3) is 0 Å². The van der Waals surface area contributed by atoms with E-state index in [9.17, 15) is 72.1 Å². The lowest BCUT2D eigenvalue weighted by molar-refractivity contribution is -0.230. The minimum absolute atomic E-state index is 0.165. The molecule has 0 saturated carbocycles. The first kappa shape index (κ1) is 58.6. The molecule has 1 aromatic rings. The second-order valence-corrected chi connectivity index (χ2v) is 18.9. The van der Waals surface area contributed by atoms with Gasteiger partial charge in [0, 0.05) is 45.2 Å². The third-order valence-corrected chi connectivity index (χ3v) is 12.6. The second kappa shape index (κ2) is 27.2. The lowest BCUT2D eigenvalue weighted by Gasteiger charge is -2.38. The summed E-state index contributed by atoms with van der Waals surface area (Å²) in [4.78, 5) is 94.2. The molecule has 3 saturated heterocycles.